The standard InChI is InChI=1S/C19H25FN2O4/c1-19(2,3)26-18(24)22-10-8-21(9-11-22)17(23)25-14-6-7-15(13-4-5-13)16(20)12-14/h6-7,12-13H,4-5,8-11H2,1-3H3. The molecule has 1 aliphatic carbocycles. The van der Waals surface area contributed by atoms with E-state index in [9.17, 15) is 14.0 Å². The quantitative estimate of drug-likeness (QED) is 0.802. The molecule has 7 heteroatoms. The first kappa shape index (κ1) is 18.5. The van der Waals surface area contributed by atoms with Gasteiger partial charge in [-0.3, -0.25) is 0 Å². The molecule has 1 aromatic carbocycles. The van der Waals surface area contributed by atoms with Crippen molar-refractivity contribution >= 4 is 12.2 Å². The number of benzene rings is 1. The van der Waals surface area contributed by atoms with Gasteiger partial charge in [0.1, 0.15) is 17.2 Å². The molecule has 2 amide bonds. The summed E-state index contributed by atoms with van der Waals surface area (Å²) in [5.74, 6) is 0.180. The monoisotopic (exact) mass is 364 g/mol. The fourth-order valence-electron chi connectivity index (χ4n) is 2.86. The van der Waals surface area contributed by atoms with Crippen molar-refractivity contribution in [1.82, 2.24) is 9.80 Å². The molecule has 3 rings (SSSR count). The van der Waals surface area contributed by atoms with Crippen LogP contribution in [0.15, 0.2) is 18.2 Å². The maximum absolute atomic E-state index is 14.0. The van der Waals surface area contributed by atoms with Crippen molar-refractivity contribution < 1.29 is 23.5 Å². The number of rotatable bonds is 2. The van der Waals surface area contributed by atoms with Crippen molar-refractivity contribution in [3.8, 4) is 5.75 Å². The SMILES string of the molecule is CC(C)(C)OC(=O)N1CCN(C(=O)Oc2ccc(C3CC3)c(F)c2)CC1. The molecule has 26 heavy (non-hydrogen) atoms. The summed E-state index contributed by atoms with van der Waals surface area (Å²) in [6.45, 7) is 6.88. The molecular weight excluding hydrogens is 339 g/mol. The molecule has 2 aliphatic rings. The van der Waals surface area contributed by atoms with E-state index in [-0.39, 0.29) is 17.7 Å². The zero-order valence-corrected chi connectivity index (χ0v) is 15.5. The van der Waals surface area contributed by atoms with Gasteiger partial charge in [0.15, 0.2) is 0 Å². The summed E-state index contributed by atoms with van der Waals surface area (Å²) < 4.78 is 24.7. The van der Waals surface area contributed by atoms with Gasteiger partial charge in [-0.05, 0) is 51.2 Å². The van der Waals surface area contributed by atoms with Gasteiger partial charge in [0, 0.05) is 32.2 Å². The van der Waals surface area contributed by atoms with Gasteiger partial charge < -0.3 is 19.3 Å². The highest BCUT2D eigenvalue weighted by Gasteiger charge is 2.29. The Morgan fingerprint density at radius 1 is 1.04 bits per heavy atom. The van der Waals surface area contributed by atoms with E-state index in [1.807, 2.05) is 20.8 Å². The first-order valence-corrected chi connectivity index (χ1v) is 8.97. The molecular formula is C19H25FN2O4. The lowest BCUT2D eigenvalue weighted by molar-refractivity contribution is 0.0154. The Hall–Kier alpha value is -2.31. The predicted octanol–water partition coefficient (Wildman–Crippen LogP) is 3.75. The van der Waals surface area contributed by atoms with Crippen molar-refractivity contribution in [2.45, 2.75) is 45.1 Å². The van der Waals surface area contributed by atoms with E-state index in [1.165, 1.54) is 11.0 Å². The lowest BCUT2D eigenvalue weighted by Crippen LogP contribution is -2.52. The predicted molar refractivity (Wildman–Crippen MR) is 93.8 cm³/mol. The third-order valence-electron chi connectivity index (χ3n) is 4.38. The Morgan fingerprint density at radius 3 is 2.12 bits per heavy atom. The van der Waals surface area contributed by atoms with Crippen LogP contribution in [-0.2, 0) is 4.74 Å². The third kappa shape index (κ3) is 4.65. The number of carbonyl (C=O) groups excluding carboxylic acids is 2. The normalized spacial score (nSPS) is 17.8. The van der Waals surface area contributed by atoms with Gasteiger partial charge in [-0.25, -0.2) is 14.0 Å². The number of hydrogen-bond donors (Lipinski definition) is 0. The van der Waals surface area contributed by atoms with Gasteiger partial charge in [-0.15, -0.1) is 0 Å². The molecule has 0 aromatic heterocycles. The summed E-state index contributed by atoms with van der Waals surface area (Å²) in [5, 5.41) is 0. The molecule has 1 heterocycles. The van der Waals surface area contributed by atoms with Crippen LogP contribution in [0.2, 0.25) is 0 Å². The average molecular weight is 364 g/mol. The van der Waals surface area contributed by atoms with Crippen LogP contribution >= 0.6 is 0 Å². The van der Waals surface area contributed by atoms with E-state index in [0.717, 1.165) is 12.8 Å². The molecule has 1 saturated carbocycles. The number of piperazine rings is 1. The molecule has 1 aliphatic heterocycles. The van der Waals surface area contributed by atoms with Gasteiger partial charge in [-0.1, -0.05) is 6.07 Å². The second-order valence-corrected chi connectivity index (χ2v) is 7.78. The van der Waals surface area contributed by atoms with Gasteiger partial charge in [-0.2, -0.15) is 0 Å². The van der Waals surface area contributed by atoms with Crippen LogP contribution in [0.5, 0.6) is 5.75 Å². The molecule has 1 aromatic rings. The van der Waals surface area contributed by atoms with Crippen LogP contribution in [0.4, 0.5) is 14.0 Å². The van der Waals surface area contributed by atoms with Crippen LogP contribution in [0.3, 0.4) is 0 Å². The van der Waals surface area contributed by atoms with E-state index in [4.69, 9.17) is 9.47 Å². The van der Waals surface area contributed by atoms with Gasteiger partial charge in [0.25, 0.3) is 0 Å². The molecule has 0 unspecified atom stereocenters. The number of amides is 2. The highest BCUT2D eigenvalue weighted by Crippen LogP contribution is 2.41. The lowest BCUT2D eigenvalue weighted by atomic mass is 10.1. The lowest BCUT2D eigenvalue weighted by Gasteiger charge is -2.35. The highest BCUT2D eigenvalue weighted by atomic mass is 19.1. The maximum atomic E-state index is 14.0. The maximum Gasteiger partial charge on any atom is 0.415 e. The first-order chi connectivity index (χ1) is 12.2. The number of halogens is 1. The van der Waals surface area contributed by atoms with E-state index in [2.05, 4.69) is 0 Å². The van der Waals surface area contributed by atoms with Gasteiger partial charge in [0.05, 0.1) is 0 Å². The molecule has 0 spiro atoms. The second kappa shape index (κ2) is 7.13. The molecule has 0 N–H and O–H groups in total. The largest absolute Gasteiger partial charge is 0.444 e. The smallest absolute Gasteiger partial charge is 0.415 e. The summed E-state index contributed by atoms with van der Waals surface area (Å²) >= 11 is 0. The summed E-state index contributed by atoms with van der Waals surface area (Å²) in [5.41, 5.74) is 0.139. The van der Waals surface area contributed by atoms with Crippen molar-refractivity contribution in [3.05, 3.63) is 29.6 Å². The Labute approximate surface area is 152 Å². The van der Waals surface area contributed by atoms with Crippen LogP contribution in [0.1, 0.15) is 45.1 Å². The molecule has 0 atom stereocenters. The molecule has 1 saturated heterocycles. The minimum atomic E-state index is -0.552. The highest BCUT2D eigenvalue weighted by molar-refractivity contribution is 5.72. The molecule has 0 radical (unpaired) electrons. The zero-order chi connectivity index (χ0) is 18.9. The topological polar surface area (TPSA) is 59.1 Å². The fourth-order valence-corrected chi connectivity index (χ4v) is 2.86. The van der Waals surface area contributed by atoms with Crippen LogP contribution in [-0.4, -0.2) is 53.8 Å². The van der Waals surface area contributed by atoms with E-state index >= 15 is 0 Å². The Bertz CT molecular complexity index is 689. The summed E-state index contributed by atoms with van der Waals surface area (Å²) in [7, 11) is 0. The number of nitrogens with zero attached hydrogens (tertiary/aromatic N) is 2. The number of carbonyl (C=O) groups is 2. The van der Waals surface area contributed by atoms with E-state index < -0.39 is 11.7 Å². The first-order valence-electron chi connectivity index (χ1n) is 8.97. The van der Waals surface area contributed by atoms with Crippen molar-refractivity contribution in [1.29, 1.82) is 0 Å². The number of hydrogen-bond acceptors (Lipinski definition) is 4. The van der Waals surface area contributed by atoms with Crippen LogP contribution < -0.4 is 4.74 Å². The Balaban J connectivity index is 1.51. The fraction of sp³-hybridized carbons (Fsp3) is 0.579. The van der Waals surface area contributed by atoms with Gasteiger partial charge in [0.2, 0.25) is 0 Å². The van der Waals surface area contributed by atoms with Crippen LogP contribution in [0, 0.1) is 5.82 Å². The summed E-state index contributed by atoms with van der Waals surface area (Å²) in [6, 6.07) is 4.59. The van der Waals surface area contributed by atoms with E-state index in [0.29, 0.717) is 37.7 Å². The minimum Gasteiger partial charge on any atom is -0.444 e. The molecule has 142 valence electrons. The van der Waals surface area contributed by atoms with Crippen LogP contribution in [0.25, 0.3) is 0 Å². The van der Waals surface area contributed by atoms with Crippen molar-refractivity contribution in [2.75, 3.05) is 26.2 Å². The Kier molecular flexibility index (Phi) is 5.07. The van der Waals surface area contributed by atoms with E-state index in [1.54, 1.807) is 17.0 Å². The second-order valence-electron chi connectivity index (χ2n) is 7.78. The van der Waals surface area contributed by atoms with Crippen molar-refractivity contribution in [2.24, 2.45) is 0 Å². The summed E-state index contributed by atoms with van der Waals surface area (Å²) in [6.07, 6.45) is 1.10. The van der Waals surface area contributed by atoms with Crippen molar-refractivity contribution in [3.63, 3.8) is 0 Å². The average Bonchev–Trinajstić information content (AvgIpc) is 3.38. The summed E-state index contributed by atoms with van der Waals surface area (Å²) in [4.78, 5) is 27.4. The number of ether oxygens (including phenoxy) is 2. The minimum absolute atomic E-state index is 0.200. The molecule has 6 nitrogen and oxygen atoms in total. The van der Waals surface area contributed by atoms with Gasteiger partial charge >= 0.3 is 12.2 Å². The Morgan fingerprint density at radius 2 is 1.62 bits per heavy atom. The third-order valence-corrected chi connectivity index (χ3v) is 4.38. The molecule has 2 fully saturated rings. The zero-order valence-electron chi connectivity index (χ0n) is 15.5. The molecule has 0 bridgehead atoms.